The second kappa shape index (κ2) is 9.14. The van der Waals surface area contributed by atoms with E-state index in [9.17, 15) is 0 Å². The van der Waals surface area contributed by atoms with Gasteiger partial charge in [-0.15, -0.1) is 0 Å². The first-order valence-corrected chi connectivity index (χ1v) is 9.72. The number of hydrogen-bond donors (Lipinski definition) is 1. The van der Waals surface area contributed by atoms with Crippen molar-refractivity contribution in [3.8, 4) is 0 Å². The molecule has 3 nitrogen and oxygen atoms in total. The number of nitrogens with zero attached hydrogens (tertiary/aromatic N) is 1. The van der Waals surface area contributed by atoms with E-state index < -0.39 is 0 Å². The zero-order valence-electron chi connectivity index (χ0n) is 13.3. The maximum absolute atomic E-state index is 5.22. The van der Waals surface area contributed by atoms with Crippen LogP contribution in [-0.2, 0) is 4.74 Å². The SMILES string of the molecule is [C]1OCCCN1NCCCP(c1ccccc1)c1ccccc1. The molecule has 0 bridgehead atoms. The third-order valence-electron chi connectivity index (χ3n) is 3.80. The fourth-order valence-electron chi connectivity index (χ4n) is 2.65. The molecule has 1 saturated heterocycles. The van der Waals surface area contributed by atoms with E-state index in [-0.39, 0.29) is 7.92 Å². The summed E-state index contributed by atoms with van der Waals surface area (Å²) in [6.45, 7) is 5.61. The average molecular weight is 326 g/mol. The first kappa shape index (κ1) is 16.6. The van der Waals surface area contributed by atoms with Crippen LogP contribution in [-0.4, -0.2) is 30.9 Å². The Morgan fingerprint density at radius 3 is 2.22 bits per heavy atom. The van der Waals surface area contributed by atoms with Crippen molar-refractivity contribution in [1.29, 1.82) is 0 Å². The molecular formula is C19H23N2OP. The topological polar surface area (TPSA) is 24.5 Å². The van der Waals surface area contributed by atoms with E-state index in [2.05, 4.69) is 72.8 Å². The maximum atomic E-state index is 5.22. The molecule has 1 fully saturated rings. The van der Waals surface area contributed by atoms with E-state index >= 15 is 0 Å². The molecule has 4 heteroatoms. The molecule has 2 aromatic carbocycles. The van der Waals surface area contributed by atoms with Crippen molar-refractivity contribution in [3.63, 3.8) is 0 Å². The first-order chi connectivity index (χ1) is 11.4. The lowest BCUT2D eigenvalue weighted by Crippen LogP contribution is -2.41. The Morgan fingerprint density at radius 1 is 1.00 bits per heavy atom. The van der Waals surface area contributed by atoms with E-state index in [1.807, 2.05) is 5.01 Å². The highest BCUT2D eigenvalue weighted by Crippen LogP contribution is 2.33. The van der Waals surface area contributed by atoms with Gasteiger partial charge in [0.15, 0.2) is 0 Å². The van der Waals surface area contributed by atoms with Crippen molar-refractivity contribution >= 4 is 18.5 Å². The van der Waals surface area contributed by atoms with Crippen LogP contribution in [0.4, 0.5) is 0 Å². The standard InChI is InChI=1S/C19H23N2OP/c1-3-9-18(10-4-1)23(19-11-5-2-6-12-19)16-7-13-20-21-14-8-15-22-17-21/h1-6,9-12,20H,7-8,13-16H2. The minimum atomic E-state index is -0.290. The second-order valence-corrected chi connectivity index (χ2v) is 7.87. The number of hydrogen-bond acceptors (Lipinski definition) is 3. The molecule has 0 atom stereocenters. The van der Waals surface area contributed by atoms with Crippen LogP contribution in [0.3, 0.4) is 0 Å². The van der Waals surface area contributed by atoms with Gasteiger partial charge in [-0.1, -0.05) is 60.7 Å². The molecule has 1 heterocycles. The number of rotatable bonds is 7. The van der Waals surface area contributed by atoms with E-state index in [0.717, 1.165) is 32.5 Å². The van der Waals surface area contributed by atoms with E-state index in [4.69, 9.17) is 4.74 Å². The summed E-state index contributed by atoms with van der Waals surface area (Å²) >= 11 is 0. The highest BCUT2D eigenvalue weighted by molar-refractivity contribution is 7.73. The van der Waals surface area contributed by atoms with Gasteiger partial charge >= 0.3 is 0 Å². The summed E-state index contributed by atoms with van der Waals surface area (Å²) in [6.07, 6.45) is 3.37. The summed E-state index contributed by atoms with van der Waals surface area (Å²) in [5.41, 5.74) is 3.39. The van der Waals surface area contributed by atoms with Crippen LogP contribution in [0, 0.1) is 6.73 Å². The van der Waals surface area contributed by atoms with Gasteiger partial charge in [0, 0.05) is 13.1 Å². The largest absolute Gasteiger partial charge is 0.351 e. The lowest BCUT2D eigenvalue weighted by atomic mass is 10.4. The molecule has 2 radical (unpaired) electrons. The van der Waals surface area contributed by atoms with Crippen LogP contribution >= 0.6 is 7.92 Å². The lowest BCUT2D eigenvalue weighted by molar-refractivity contribution is 0.0216. The maximum Gasteiger partial charge on any atom is 0.232 e. The molecule has 0 saturated carbocycles. The Kier molecular flexibility index (Phi) is 6.60. The Balaban J connectivity index is 1.56. The minimum Gasteiger partial charge on any atom is -0.351 e. The zero-order chi connectivity index (χ0) is 15.7. The molecule has 0 spiro atoms. The predicted octanol–water partition coefficient (Wildman–Crippen LogP) is 2.73. The van der Waals surface area contributed by atoms with Gasteiger partial charge in [-0.25, -0.2) is 5.01 Å². The number of nitrogens with one attached hydrogen (secondary N) is 1. The smallest absolute Gasteiger partial charge is 0.232 e. The molecule has 2 aromatic rings. The molecule has 0 unspecified atom stereocenters. The fourth-order valence-corrected chi connectivity index (χ4v) is 5.00. The summed E-state index contributed by atoms with van der Waals surface area (Å²) < 4.78 is 5.22. The van der Waals surface area contributed by atoms with Gasteiger partial charge in [-0.3, -0.25) is 5.43 Å². The third-order valence-corrected chi connectivity index (χ3v) is 6.41. The number of benzene rings is 2. The van der Waals surface area contributed by atoms with E-state index in [1.54, 1.807) is 0 Å². The molecule has 1 N–H and O–H groups in total. The summed E-state index contributed by atoms with van der Waals surface area (Å²) in [7, 11) is -0.290. The number of hydrazine groups is 1. The molecule has 3 rings (SSSR count). The van der Waals surface area contributed by atoms with Gasteiger partial charge in [0.2, 0.25) is 6.73 Å². The van der Waals surface area contributed by atoms with Crippen molar-refractivity contribution in [3.05, 3.63) is 67.4 Å². The monoisotopic (exact) mass is 326 g/mol. The van der Waals surface area contributed by atoms with Crippen LogP contribution < -0.4 is 16.0 Å². The van der Waals surface area contributed by atoms with Gasteiger partial charge in [0.05, 0.1) is 6.61 Å². The van der Waals surface area contributed by atoms with Crippen LogP contribution in [0.15, 0.2) is 60.7 Å². The molecule has 120 valence electrons. The Bertz CT molecular complexity index is 519. The summed E-state index contributed by atoms with van der Waals surface area (Å²) in [5.74, 6) is 0. The van der Waals surface area contributed by atoms with Crippen LogP contribution in [0.1, 0.15) is 12.8 Å². The van der Waals surface area contributed by atoms with Crippen molar-refractivity contribution in [2.75, 3.05) is 25.9 Å². The van der Waals surface area contributed by atoms with E-state index in [1.165, 1.54) is 16.8 Å². The molecular weight excluding hydrogens is 303 g/mol. The van der Waals surface area contributed by atoms with Crippen LogP contribution in [0.25, 0.3) is 0 Å². The summed E-state index contributed by atoms with van der Waals surface area (Å²) in [4.78, 5) is 0. The van der Waals surface area contributed by atoms with Gasteiger partial charge in [0.25, 0.3) is 0 Å². The Hall–Kier alpha value is -1.25. The highest BCUT2D eigenvalue weighted by atomic mass is 31.1. The minimum absolute atomic E-state index is 0.290. The molecule has 0 aromatic heterocycles. The number of ether oxygens (including phenoxy) is 1. The van der Waals surface area contributed by atoms with Gasteiger partial charge in [-0.05, 0) is 37.5 Å². The lowest BCUT2D eigenvalue weighted by Gasteiger charge is -2.25. The van der Waals surface area contributed by atoms with Gasteiger partial charge in [-0.2, -0.15) is 0 Å². The Labute approximate surface area is 140 Å². The van der Waals surface area contributed by atoms with E-state index in [0.29, 0.717) is 0 Å². The third kappa shape index (κ3) is 5.12. The quantitative estimate of drug-likeness (QED) is 0.625. The van der Waals surface area contributed by atoms with Gasteiger partial charge in [0.1, 0.15) is 0 Å². The predicted molar refractivity (Wildman–Crippen MR) is 97.1 cm³/mol. The molecule has 1 aliphatic heterocycles. The van der Waals surface area contributed by atoms with Crippen molar-refractivity contribution < 1.29 is 4.74 Å². The summed E-state index contributed by atoms with van der Waals surface area (Å²) in [6, 6.07) is 21.8. The molecule has 1 aliphatic rings. The normalized spacial score (nSPS) is 15.9. The highest BCUT2D eigenvalue weighted by Gasteiger charge is 2.14. The average Bonchev–Trinajstić information content (AvgIpc) is 2.64. The van der Waals surface area contributed by atoms with Crippen LogP contribution in [0.2, 0.25) is 0 Å². The van der Waals surface area contributed by atoms with Crippen molar-refractivity contribution in [2.45, 2.75) is 12.8 Å². The molecule has 23 heavy (non-hydrogen) atoms. The second-order valence-electron chi connectivity index (χ2n) is 5.53. The fraction of sp³-hybridized carbons (Fsp3) is 0.316. The van der Waals surface area contributed by atoms with Crippen molar-refractivity contribution in [1.82, 2.24) is 10.4 Å². The van der Waals surface area contributed by atoms with Crippen LogP contribution in [0.5, 0.6) is 0 Å². The molecule has 0 aliphatic carbocycles. The van der Waals surface area contributed by atoms with Gasteiger partial charge < -0.3 is 4.74 Å². The first-order valence-electron chi connectivity index (χ1n) is 8.19. The molecule has 0 amide bonds. The van der Waals surface area contributed by atoms with Crippen molar-refractivity contribution in [2.24, 2.45) is 0 Å². The zero-order valence-corrected chi connectivity index (χ0v) is 14.2. The Morgan fingerprint density at radius 2 is 1.65 bits per heavy atom. The summed E-state index contributed by atoms with van der Waals surface area (Å²) in [5, 5.41) is 4.85.